The van der Waals surface area contributed by atoms with Crippen molar-refractivity contribution < 1.29 is 5.11 Å². The van der Waals surface area contributed by atoms with Gasteiger partial charge in [-0.15, -0.1) is 0 Å². The molecule has 2 N–H and O–H groups in total. The van der Waals surface area contributed by atoms with Gasteiger partial charge in [0.15, 0.2) is 0 Å². The van der Waals surface area contributed by atoms with Gasteiger partial charge in [-0.3, -0.25) is 4.98 Å². The summed E-state index contributed by atoms with van der Waals surface area (Å²) in [7, 11) is 0. The Morgan fingerprint density at radius 3 is 2.60 bits per heavy atom. The lowest BCUT2D eigenvalue weighted by Gasteiger charge is -2.05. The highest BCUT2D eigenvalue weighted by molar-refractivity contribution is 6.11. The van der Waals surface area contributed by atoms with E-state index in [4.69, 9.17) is 0 Å². The van der Waals surface area contributed by atoms with Crippen molar-refractivity contribution in [3.8, 4) is 11.3 Å². The Bertz CT molecular complexity index is 1240. The van der Waals surface area contributed by atoms with Gasteiger partial charge in [0.25, 0.3) is 0 Å². The number of aliphatic hydroxyl groups is 1. The fraction of sp³-hybridized carbons (Fsp3) is 0.0455. The zero-order valence-corrected chi connectivity index (χ0v) is 13.5. The molecule has 0 saturated carbocycles. The fourth-order valence-corrected chi connectivity index (χ4v) is 3.53. The van der Waals surface area contributed by atoms with Gasteiger partial charge < -0.3 is 10.1 Å². The summed E-state index contributed by atoms with van der Waals surface area (Å²) < 4.78 is 0. The van der Waals surface area contributed by atoms with E-state index in [0.717, 1.165) is 38.6 Å². The Hall–Kier alpha value is -3.17. The maximum atomic E-state index is 9.38. The lowest BCUT2D eigenvalue weighted by atomic mass is 10.0. The molecule has 5 rings (SSSR count). The third-order valence-electron chi connectivity index (χ3n) is 4.79. The number of rotatable bonds is 2. The molecule has 0 radical (unpaired) electrons. The average Bonchev–Trinajstić information content (AvgIpc) is 3.05. The van der Waals surface area contributed by atoms with Crippen molar-refractivity contribution >= 4 is 32.6 Å². The first kappa shape index (κ1) is 14.2. The van der Waals surface area contributed by atoms with Gasteiger partial charge in [-0.25, -0.2) is 0 Å². The molecule has 25 heavy (non-hydrogen) atoms. The number of hydrogen-bond donors (Lipinski definition) is 2. The maximum Gasteiger partial charge on any atom is 0.0943 e. The number of aliphatic hydroxyl groups excluding tert-OH is 1. The van der Waals surface area contributed by atoms with Crippen LogP contribution in [0.5, 0.6) is 0 Å². The molecule has 3 aromatic carbocycles. The molecule has 3 heteroatoms. The SMILES string of the molecule is OCc1ccc2c(c1)[nH]c1c(-c3ccc4ccccc4c3)nccc12. The molecule has 0 atom stereocenters. The van der Waals surface area contributed by atoms with Crippen LogP contribution in [0.15, 0.2) is 72.9 Å². The zero-order valence-electron chi connectivity index (χ0n) is 13.5. The van der Waals surface area contributed by atoms with E-state index in [-0.39, 0.29) is 6.61 Å². The minimum Gasteiger partial charge on any atom is -0.392 e. The third kappa shape index (κ3) is 2.21. The maximum absolute atomic E-state index is 9.38. The number of H-pyrrole nitrogens is 1. The van der Waals surface area contributed by atoms with E-state index >= 15 is 0 Å². The van der Waals surface area contributed by atoms with Gasteiger partial charge in [0.05, 0.1) is 17.8 Å². The van der Waals surface area contributed by atoms with E-state index in [9.17, 15) is 5.11 Å². The fourth-order valence-electron chi connectivity index (χ4n) is 3.53. The number of benzene rings is 3. The molecular formula is C22H16N2O. The van der Waals surface area contributed by atoms with Crippen molar-refractivity contribution in [1.29, 1.82) is 0 Å². The van der Waals surface area contributed by atoms with E-state index in [2.05, 4.69) is 58.5 Å². The highest BCUT2D eigenvalue weighted by Gasteiger charge is 2.11. The van der Waals surface area contributed by atoms with Crippen molar-refractivity contribution in [1.82, 2.24) is 9.97 Å². The Labute approximate surface area is 144 Å². The highest BCUT2D eigenvalue weighted by Crippen LogP contribution is 2.33. The van der Waals surface area contributed by atoms with Crippen molar-refractivity contribution in [3.05, 3.63) is 78.5 Å². The zero-order chi connectivity index (χ0) is 16.8. The summed E-state index contributed by atoms with van der Waals surface area (Å²) in [4.78, 5) is 8.14. The summed E-state index contributed by atoms with van der Waals surface area (Å²) in [6.07, 6.45) is 1.86. The Kier molecular flexibility index (Phi) is 3.08. The van der Waals surface area contributed by atoms with Crippen LogP contribution in [0.2, 0.25) is 0 Å². The van der Waals surface area contributed by atoms with Crippen molar-refractivity contribution in [2.45, 2.75) is 6.61 Å². The van der Waals surface area contributed by atoms with Gasteiger partial charge in [0, 0.05) is 28.0 Å². The summed E-state index contributed by atoms with van der Waals surface area (Å²) >= 11 is 0. The molecule has 0 bridgehead atoms. The number of aromatic nitrogens is 2. The summed E-state index contributed by atoms with van der Waals surface area (Å²) in [5.74, 6) is 0. The second-order valence-electron chi connectivity index (χ2n) is 6.31. The largest absolute Gasteiger partial charge is 0.392 e. The van der Waals surface area contributed by atoms with Gasteiger partial charge in [0.1, 0.15) is 0 Å². The normalized spacial score (nSPS) is 11.6. The minimum atomic E-state index is 0.0427. The van der Waals surface area contributed by atoms with Crippen LogP contribution in [0.1, 0.15) is 5.56 Å². The molecule has 2 aromatic heterocycles. The highest BCUT2D eigenvalue weighted by atomic mass is 16.3. The van der Waals surface area contributed by atoms with E-state index < -0.39 is 0 Å². The van der Waals surface area contributed by atoms with Crippen LogP contribution in [0.4, 0.5) is 0 Å². The molecule has 3 nitrogen and oxygen atoms in total. The topological polar surface area (TPSA) is 48.9 Å². The standard InChI is InChI=1S/C22H16N2O/c25-13-14-5-8-18-19-9-10-23-21(22(19)24-20(18)11-14)17-7-6-15-3-1-2-4-16(15)12-17/h1-12,24-25H,13H2. The summed E-state index contributed by atoms with van der Waals surface area (Å²) in [6.45, 7) is 0.0427. The lowest BCUT2D eigenvalue weighted by molar-refractivity contribution is 0.282. The smallest absolute Gasteiger partial charge is 0.0943 e. The van der Waals surface area contributed by atoms with E-state index in [0.29, 0.717) is 0 Å². The summed E-state index contributed by atoms with van der Waals surface area (Å²) in [5, 5.41) is 14.1. The van der Waals surface area contributed by atoms with E-state index in [1.54, 1.807) is 0 Å². The van der Waals surface area contributed by atoms with Crippen LogP contribution < -0.4 is 0 Å². The van der Waals surface area contributed by atoms with E-state index in [1.165, 1.54) is 10.8 Å². The summed E-state index contributed by atoms with van der Waals surface area (Å²) in [6, 6.07) is 22.8. The van der Waals surface area contributed by atoms with Crippen LogP contribution in [-0.2, 0) is 6.61 Å². The predicted molar refractivity (Wildman–Crippen MR) is 102 cm³/mol. The van der Waals surface area contributed by atoms with Gasteiger partial charge in [0.2, 0.25) is 0 Å². The first-order valence-electron chi connectivity index (χ1n) is 8.33. The minimum absolute atomic E-state index is 0.0427. The second-order valence-corrected chi connectivity index (χ2v) is 6.31. The Morgan fingerprint density at radius 2 is 1.72 bits per heavy atom. The van der Waals surface area contributed by atoms with Gasteiger partial charge in [-0.05, 0) is 34.5 Å². The van der Waals surface area contributed by atoms with Gasteiger partial charge >= 0.3 is 0 Å². The summed E-state index contributed by atoms with van der Waals surface area (Å²) in [5.41, 5.74) is 5.00. The van der Waals surface area contributed by atoms with Gasteiger partial charge in [-0.1, -0.05) is 48.5 Å². The molecular weight excluding hydrogens is 308 g/mol. The number of hydrogen-bond acceptors (Lipinski definition) is 2. The molecule has 0 aliphatic rings. The Balaban J connectivity index is 1.79. The number of nitrogens with zero attached hydrogens (tertiary/aromatic N) is 1. The van der Waals surface area contributed by atoms with Crippen molar-refractivity contribution in [3.63, 3.8) is 0 Å². The van der Waals surface area contributed by atoms with E-state index in [1.807, 2.05) is 24.4 Å². The second kappa shape index (κ2) is 5.43. The van der Waals surface area contributed by atoms with Gasteiger partial charge in [-0.2, -0.15) is 0 Å². The first-order chi connectivity index (χ1) is 12.3. The number of pyridine rings is 1. The Morgan fingerprint density at radius 1 is 0.840 bits per heavy atom. The van der Waals surface area contributed by atoms with Crippen molar-refractivity contribution in [2.24, 2.45) is 0 Å². The van der Waals surface area contributed by atoms with Crippen LogP contribution in [0.25, 0.3) is 43.8 Å². The molecule has 120 valence electrons. The number of nitrogens with one attached hydrogen (secondary N) is 1. The number of fused-ring (bicyclic) bond motifs is 4. The molecule has 5 aromatic rings. The molecule has 0 aliphatic heterocycles. The molecule has 0 spiro atoms. The molecule has 0 aliphatic carbocycles. The predicted octanol–water partition coefficient (Wildman–Crippen LogP) is 5.03. The monoisotopic (exact) mass is 324 g/mol. The lowest BCUT2D eigenvalue weighted by Crippen LogP contribution is -1.85. The van der Waals surface area contributed by atoms with Crippen LogP contribution >= 0.6 is 0 Å². The number of aromatic amines is 1. The quantitative estimate of drug-likeness (QED) is 0.478. The molecule has 0 unspecified atom stereocenters. The first-order valence-corrected chi connectivity index (χ1v) is 8.33. The van der Waals surface area contributed by atoms with Crippen LogP contribution in [0.3, 0.4) is 0 Å². The third-order valence-corrected chi connectivity index (χ3v) is 4.79. The average molecular weight is 324 g/mol. The molecule has 2 heterocycles. The van der Waals surface area contributed by atoms with Crippen LogP contribution in [-0.4, -0.2) is 15.1 Å². The molecule has 0 amide bonds. The molecule has 0 fully saturated rings. The van der Waals surface area contributed by atoms with Crippen LogP contribution in [0, 0.1) is 0 Å². The van der Waals surface area contributed by atoms with Crippen molar-refractivity contribution in [2.75, 3.05) is 0 Å². The molecule has 0 saturated heterocycles.